The Morgan fingerprint density at radius 3 is 2.61 bits per heavy atom. The Morgan fingerprint density at radius 1 is 1.44 bits per heavy atom. The van der Waals surface area contributed by atoms with Crippen molar-refractivity contribution in [2.45, 2.75) is 11.7 Å². The van der Waals surface area contributed by atoms with Crippen LogP contribution in [0.2, 0.25) is 0 Å². The van der Waals surface area contributed by atoms with E-state index in [1.165, 1.54) is 23.1 Å². The molecule has 1 fully saturated rings. The maximum Gasteiger partial charge on any atom is 0.228 e. The number of sulfonamides is 1. The van der Waals surface area contributed by atoms with Crippen molar-refractivity contribution in [3.63, 3.8) is 0 Å². The van der Waals surface area contributed by atoms with Crippen LogP contribution in [0.4, 0.5) is 10.1 Å². The summed E-state index contributed by atoms with van der Waals surface area (Å²) in [7, 11) is -3.75. The molecule has 1 aliphatic heterocycles. The van der Waals surface area contributed by atoms with E-state index in [0.717, 1.165) is 0 Å². The lowest BCUT2D eigenvalue weighted by atomic mass is 10.3. The zero-order valence-electron chi connectivity index (χ0n) is 9.14. The van der Waals surface area contributed by atoms with Crippen LogP contribution in [0.5, 0.6) is 0 Å². The Balaban J connectivity index is 2.33. The zero-order valence-corrected chi connectivity index (χ0v) is 11.5. The molecule has 0 bridgehead atoms. The summed E-state index contributed by atoms with van der Waals surface area (Å²) in [6.07, 6.45) is -0.150. The van der Waals surface area contributed by atoms with Crippen molar-refractivity contribution in [3.05, 3.63) is 28.5 Å². The van der Waals surface area contributed by atoms with Crippen LogP contribution in [0.3, 0.4) is 0 Å². The average Bonchev–Trinajstić information content (AvgIpc) is 2.60. The quantitative estimate of drug-likeness (QED) is 0.874. The molecule has 1 heterocycles. The highest BCUT2D eigenvalue weighted by molar-refractivity contribution is 9.10. The molecule has 0 aliphatic carbocycles. The Labute approximate surface area is 112 Å². The largest absolute Gasteiger partial charge is 0.310 e. The van der Waals surface area contributed by atoms with Gasteiger partial charge in [-0.05, 0) is 34.1 Å². The number of nitrogens with two attached hydrogens (primary N) is 1. The van der Waals surface area contributed by atoms with Gasteiger partial charge in [0.1, 0.15) is 11.1 Å². The van der Waals surface area contributed by atoms with Crippen molar-refractivity contribution >= 4 is 37.5 Å². The van der Waals surface area contributed by atoms with Crippen LogP contribution in [0.1, 0.15) is 6.42 Å². The second-order valence-electron chi connectivity index (χ2n) is 4.02. The summed E-state index contributed by atoms with van der Waals surface area (Å²) in [6.45, 7) is -0.0120. The first kappa shape index (κ1) is 13.4. The fourth-order valence-corrected chi connectivity index (χ4v) is 3.12. The smallest absolute Gasteiger partial charge is 0.228 e. The Bertz CT molecular complexity index is 605. The molecule has 1 unspecified atom stereocenters. The molecule has 0 radical (unpaired) electrons. The highest BCUT2D eigenvalue weighted by Gasteiger charge is 2.37. The molecule has 1 amide bonds. The zero-order chi connectivity index (χ0) is 13.5. The number of hydrogen-bond acceptors (Lipinski definition) is 3. The summed E-state index contributed by atoms with van der Waals surface area (Å²) in [5.41, 5.74) is 0.438. The number of nitrogens with zero attached hydrogens (tertiary/aromatic N) is 1. The average molecular weight is 337 g/mol. The molecular weight excluding hydrogens is 327 g/mol. The fraction of sp³-hybridized carbons (Fsp3) is 0.300. The number of carbonyl (C=O) groups is 1. The maximum atomic E-state index is 12.9. The van der Waals surface area contributed by atoms with E-state index in [1.54, 1.807) is 0 Å². The van der Waals surface area contributed by atoms with Gasteiger partial charge in [0, 0.05) is 17.4 Å². The number of carbonyl (C=O) groups excluding carboxylic acids is 1. The summed E-state index contributed by atoms with van der Waals surface area (Å²) in [5, 5.41) is 4.11. The molecule has 1 aliphatic rings. The molecule has 2 rings (SSSR count). The van der Waals surface area contributed by atoms with E-state index < -0.39 is 21.1 Å². The maximum absolute atomic E-state index is 12.9. The van der Waals surface area contributed by atoms with Gasteiger partial charge in [0.25, 0.3) is 0 Å². The fourth-order valence-electron chi connectivity index (χ4n) is 1.83. The van der Waals surface area contributed by atoms with Crippen molar-refractivity contribution in [1.29, 1.82) is 0 Å². The minimum Gasteiger partial charge on any atom is -0.310 e. The lowest BCUT2D eigenvalue weighted by molar-refractivity contribution is -0.117. The van der Waals surface area contributed by atoms with Crippen LogP contribution in [-0.4, -0.2) is 26.1 Å². The van der Waals surface area contributed by atoms with E-state index in [1.807, 2.05) is 0 Å². The van der Waals surface area contributed by atoms with Crippen LogP contribution in [0, 0.1) is 5.82 Å². The lowest BCUT2D eigenvalue weighted by Crippen LogP contribution is -2.32. The Morgan fingerprint density at radius 2 is 2.11 bits per heavy atom. The first-order valence-corrected chi connectivity index (χ1v) is 7.46. The molecular formula is C10H10BrFN2O3S. The van der Waals surface area contributed by atoms with Gasteiger partial charge in [-0.15, -0.1) is 0 Å². The molecule has 1 saturated heterocycles. The van der Waals surface area contributed by atoms with Gasteiger partial charge in [-0.25, -0.2) is 17.9 Å². The van der Waals surface area contributed by atoms with Crippen molar-refractivity contribution in [2.24, 2.45) is 5.14 Å². The molecule has 98 valence electrons. The Kier molecular flexibility index (Phi) is 3.43. The summed E-state index contributed by atoms with van der Waals surface area (Å²) in [5.74, 6) is -0.790. The molecule has 1 aromatic rings. The molecule has 0 aromatic heterocycles. The van der Waals surface area contributed by atoms with Gasteiger partial charge in [-0.3, -0.25) is 4.79 Å². The molecule has 2 N–H and O–H groups in total. The van der Waals surface area contributed by atoms with Gasteiger partial charge in [0.15, 0.2) is 0 Å². The van der Waals surface area contributed by atoms with E-state index >= 15 is 0 Å². The van der Waals surface area contributed by atoms with Gasteiger partial charge < -0.3 is 4.90 Å². The number of primary sulfonamides is 1. The molecule has 1 atom stereocenters. The molecule has 0 spiro atoms. The minimum absolute atomic E-state index is 0.0120. The van der Waals surface area contributed by atoms with E-state index in [9.17, 15) is 17.6 Å². The number of hydrogen-bond donors (Lipinski definition) is 1. The number of amides is 1. The van der Waals surface area contributed by atoms with E-state index in [-0.39, 0.29) is 18.9 Å². The monoisotopic (exact) mass is 336 g/mol. The van der Waals surface area contributed by atoms with Gasteiger partial charge in [0.2, 0.25) is 15.9 Å². The van der Waals surface area contributed by atoms with Crippen molar-refractivity contribution < 1.29 is 17.6 Å². The third kappa shape index (κ3) is 2.55. The second-order valence-corrected chi connectivity index (χ2v) is 6.71. The lowest BCUT2D eigenvalue weighted by Gasteiger charge is -2.17. The van der Waals surface area contributed by atoms with Crippen LogP contribution in [0.15, 0.2) is 22.7 Å². The minimum atomic E-state index is -3.75. The molecule has 8 heteroatoms. The second kappa shape index (κ2) is 4.60. The number of benzene rings is 1. The van der Waals surface area contributed by atoms with E-state index in [2.05, 4.69) is 15.9 Å². The summed E-state index contributed by atoms with van der Waals surface area (Å²) < 4.78 is 35.8. The van der Waals surface area contributed by atoms with Gasteiger partial charge >= 0.3 is 0 Å². The number of halogens is 2. The predicted molar refractivity (Wildman–Crippen MR) is 68.0 cm³/mol. The highest BCUT2D eigenvalue weighted by Crippen LogP contribution is 2.31. The summed E-state index contributed by atoms with van der Waals surface area (Å²) in [6, 6.07) is 3.84. The molecule has 5 nitrogen and oxygen atoms in total. The molecule has 0 saturated carbocycles. The summed E-state index contributed by atoms with van der Waals surface area (Å²) in [4.78, 5) is 13.1. The van der Waals surface area contributed by atoms with Crippen LogP contribution in [-0.2, 0) is 14.8 Å². The van der Waals surface area contributed by atoms with Crippen LogP contribution in [0.25, 0.3) is 0 Å². The standard InChI is InChI=1S/C10H10BrFN2O3S/c11-8-3-6(12)1-2-9(8)14-5-7(4-10(14)15)18(13,16)17/h1-3,7H,4-5H2,(H2,13,16,17). The summed E-state index contributed by atoms with van der Waals surface area (Å²) >= 11 is 3.14. The van der Waals surface area contributed by atoms with E-state index in [4.69, 9.17) is 5.14 Å². The predicted octanol–water partition coefficient (Wildman–Crippen LogP) is 0.982. The molecule has 18 heavy (non-hydrogen) atoms. The Hall–Kier alpha value is -0.990. The third-order valence-corrected chi connectivity index (χ3v) is 4.63. The van der Waals surface area contributed by atoms with Crippen molar-refractivity contribution in [3.8, 4) is 0 Å². The van der Waals surface area contributed by atoms with Gasteiger partial charge in [0.05, 0.1) is 5.69 Å². The first-order chi connectivity index (χ1) is 8.29. The van der Waals surface area contributed by atoms with Gasteiger partial charge in [-0.2, -0.15) is 0 Å². The van der Waals surface area contributed by atoms with Crippen LogP contribution >= 0.6 is 15.9 Å². The first-order valence-electron chi connectivity index (χ1n) is 5.06. The highest BCUT2D eigenvalue weighted by atomic mass is 79.9. The SMILES string of the molecule is NS(=O)(=O)C1CC(=O)N(c2ccc(F)cc2Br)C1. The number of rotatable bonds is 2. The van der Waals surface area contributed by atoms with Crippen molar-refractivity contribution in [2.75, 3.05) is 11.4 Å². The third-order valence-electron chi connectivity index (χ3n) is 2.75. The normalized spacial score (nSPS) is 20.5. The van der Waals surface area contributed by atoms with Gasteiger partial charge in [-0.1, -0.05) is 0 Å². The molecule has 1 aromatic carbocycles. The topological polar surface area (TPSA) is 80.5 Å². The van der Waals surface area contributed by atoms with E-state index in [0.29, 0.717) is 10.2 Å². The number of anilines is 1. The van der Waals surface area contributed by atoms with Crippen LogP contribution < -0.4 is 10.0 Å². The van der Waals surface area contributed by atoms with Crippen molar-refractivity contribution in [1.82, 2.24) is 0 Å².